The number of sulfonamides is 1. The van der Waals surface area contributed by atoms with Crippen LogP contribution in [0, 0.1) is 0 Å². The highest BCUT2D eigenvalue weighted by atomic mass is 32.2. The summed E-state index contributed by atoms with van der Waals surface area (Å²) < 4.78 is 32.3. The molecule has 0 unspecified atom stereocenters. The molecule has 2 amide bonds. The Morgan fingerprint density at radius 1 is 0.733 bits per heavy atom. The Labute approximate surface area is 176 Å². The monoisotopic (exact) mass is 431 g/mol. The maximum atomic E-state index is 12.8. The van der Waals surface area contributed by atoms with Crippen LogP contribution in [0.3, 0.4) is 0 Å². The molecule has 0 bridgehead atoms. The van der Waals surface area contributed by atoms with Gasteiger partial charge in [-0.2, -0.15) is 4.31 Å². The highest BCUT2D eigenvalue weighted by Gasteiger charge is 2.31. The van der Waals surface area contributed by atoms with Crippen molar-refractivity contribution in [3.05, 3.63) is 53.8 Å². The maximum absolute atomic E-state index is 12.8. The molecule has 2 aromatic rings. The number of hydrogen-bond acceptors (Lipinski definition) is 5. The lowest BCUT2D eigenvalue weighted by molar-refractivity contribution is 0.0515. The molecular weight excluding hydrogens is 406 g/mol. The van der Waals surface area contributed by atoms with Crippen molar-refractivity contribution < 1.29 is 22.4 Å². The van der Waals surface area contributed by atoms with Gasteiger partial charge in [-0.15, -0.1) is 0 Å². The van der Waals surface area contributed by atoms with Crippen LogP contribution in [0.4, 0.5) is 0 Å². The van der Waals surface area contributed by atoms with E-state index in [1.807, 2.05) is 18.2 Å². The number of piperazine rings is 1. The molecule has 0 atom stereocenters. The Kier molecular flexibility index (Phi) is 5.92. The molecule has 0 aliphatic carbocycles. The Morgan fingerprint density at radius 3 is 1.97 bits per heavy atom. The van der Waals surface area contributed by atoms with Gasteiger partial charge in [0, 0.05) is 44.8 Å². The Bertz CT molecular complexity index is 1000. The Hall–Kier alpha value is -2.65. The number of hydrogen-bond donors (Lipinski definition) is 0. The van der Waals surface area contributed by atoms with Crippen molar-refractivity contribution in [1.29, 1.82) is 0 Å². The highest BCUT2D eigenvalue weighted by Crippen LogP contribution is 2.23. The molecule has 160 valence electrons. The molecule has 3 heterocycles. The molecule has 2 saturated heterocycles. The van der Waals surface area contributed by atoms with Gasteiger partial charge < -0.3 is 14.2 Å². The van der Waals surface area contributed by atoms with Crippen molar-refractivity contribution in [1.82, 2.24) is 14.1 Å². The molecule has 0 saturated carbocycles. The molecule has 30 heavy (non-hydrogen) atoms. The number of furan rings is 1. The number of nitrogens with zero attached hydrogens (tertiary/aromatic N) is 3. The molecule has 2 fully saturated rings. The molecular formula is C21H25N3O5S. The minimum Gasteiger partial charge on any atom is -0.438 e. The standard InChI is InChI=1S/C21H25N3O5S/c25-20(17-7-3-1-4-8-17)22-13-15-23(16-14-22)21(26)18-9-10-19(29-18)30(27,28)24-11-5-2-6-12-24/h1,3-4,7-10H,2,5-6,11-16H2. The van der Waals surface area contributed by atoms with E-state index in [2.05, 4.69) is 0 Å². The lowest BCUT2D eigenvalue weighted by Crippen LogP contribution is -2.50. The molecule has 1 aromatic carbocycles. The summed E-state index contributed by atoms with van der Waals surface area (Å²) in [6.07, 6.45) is 2.68. The Morgan fingerprint density at radius 2 is 1.33 bits per heavy atom. The first-order valence-electron chi connectivity index (χ1n) is 10.2. The summed E-state index contributed by atoms with van der Waals surface area (Å²) in [6, 6.07) is 11.8. The summed E-state index contributed by atoms with van der Waals surface area (Å²) >= 11 is 0. The summed E-state index contributed by atoms with van der Waals surface area (Å²) in [7, 11) is -3.71. The molecule has 0 N–H and O–H groups in total. The van der Waals surface area contributed by atoms with Gasteiger partial charge in [-0.3, -0.25) is 9.59 Å². The fourth-order valence-electron chi connectivity index (χ4n) is 3.84. The van der Waals surface area contributed by atoms with E-state index in [-0.39, 0.29) is 22.7 Å². The molecule has 8 nitrogen and oxygen atoms in total. The smallest absolute Gasteiger partial charge is 0.289 e. The van der Waals surface area contributed by atoms with Crippen LogP contribution in [0.5, 0.6) is 0 Å². The van der Waals surface area contributed by atoms with Crippen molar-refractivity contribution in [2.24, 2.45) is 0 Å². The summed E-state index contributed by atoms with van der Waals surface area (Å²) in [5.74, 6) is -0.411. The summed E-state index contributed by atoms with van der Waals surface area (Å²) in [5.41, 5.74) is 0.621. The van der Waals surface area contributed by atoms with E-state index in [0.717, 1.165) is 19.3 Å². The topological polar surface area (TPSA) is 91.1 Å². The fourth-order valence-corrected chi connectivity index (χ4v) is 5.27. The van der Waals surface area contributed by atoms with Gasteiger partial charge >= 0.3 is 0 Å². The van der Waals surface area contributed by atoms with Crippen LogP contribution in [0.15, 0.2) is 52.0 Å². The van der Waals surface area contributed by atoms with Crippen molar-refractivity contribution in [2.45, 2.75) is 24.4 Å². The largest absolute Gasteiger partial charge is 0.438 e. The van der Waals surface area contributed by atoms with Crippen molar-refractivity contribution in [3.63, 3.8) is 0 Å². The number of rotatable bonds is 4. The van der Waals surface area contributed by atoms with Gasteiger partial charge in [-0.1, -0.05) is 24.6 Å². The van der Waals surface area contributed by atoms with Gasteiger partial charge in [-0.25, -0.2) is 8.42 Å². The van der Waals surface area contributed by atoms with E-state index in [4.69, 9.17) is 4.42 Å². The van der Waals surface area contributed by atoms with E-state index in [1.54, 1.807) is 21.9 Å². The van der Waals surface area contributed by atoms with E-state index < -0.39 is 10.0 Å². The summed E-state index contributed by atoms with van der Waals surface area (Å²) in [5, 5.41) is -0.189. The molecule has 4 rings (SSSR count). The van der Waals surface area contributed by atoms with E-state index in [0.29, 0.717) is 44.8 Å². The highest BCUT2D eigenvalue weighted by molar-refractivity contribution is 7.89. The third-order valence-electron chi connectivity index (χ3n) is 5.58. The lowest BCUT2D eigenvalue weighted by Gasteiger charge is -2.34. The van der Waals surface area contributed by atoms with Crippen LogP contribution in [-0.4, -0.2) is 73.6 Å². The summed E-state index contributed by atoms with van der Waals surface area (Å²) in [4.78, 5) is 28.6. The van der Waals surface area contributed by atoms with Gasteiger partial charge in [0.2, 0.25) is 5.09 Å². The zero-order chi connectivity index (χ0) is 21.1. The maximum Gasteiger partial charge on any atom is 0.289 e. The van der Waals surface area contributed by atoms with E-state index in [9.17, 15) is 18.0 Å². The first kappa shape index (κ1) is 20.6. The second kappa shape index (κ2) is 8.61. The van der Waals surface area contributed by atoms with E-state index >= 15 is 0 Å². The zero-order valence-corrected chi connectivity index (χ0v) is 17.5. The molecule has 1 aromatic heterocycles. The average molecular weight is 432 g/mol. The van der Waals surface area contributed by atoms with Crippen molar-refractivity contribution in [2.75, 3.05) is 39.3 Å². The van der Waals surface area contributed by atoms with Gasteiger partial charge in [-0.05, 0) is 37.1 Å². The number of carbonyl (C=O) groups is 2. The van der Waals surface area contributed by atoms with Crippen LogP contribution in [0.2, 0.25) is 0 Å². The normalized spacial score (nSPS) is 18.4. The number of carbonyl (C=O) groups excluding carboxylic acids is 2. The van der Waals surface area contributed by atoms with Gasteiger partial charge in [0.25, 0.3) is 21.8 Å². The molecule has 9 heteroatoms. The lowest BCUT2D eigenvalue weighted by atomic mass is 10.2. The third kappa shape index (κ3) is 4.13. The van der Waals surface area contributed by atoms with Crippen molar-refractivity contribution >= 4 is 21.8 Å². The predicted molar refractivity (Wildman–Crippen MR) is 110 cm³/mol. The minimum absolute atomic E-state index is 0.00780. The van der Waals surface area contributed by atoms with Gasteiger partial charge in [0.05, 0.1) is 0 Å². The Balaban J connectivity index is 1.39. The molecule has 2 aliphatic rings. The fraction of sp³-hybridized carbons (Fsp3) is 0.429. The van der Waals surface area contributed by atoms with Crippen LogP contribution < -0.4 is 0 Å². The minimum atomic E-state index is -3.71. The van der Waals surface area contributed by atoms with Gasteiger partial charge in [0.15, 0.2) is 5.76 Å². The number of piperidine rings is 1. The predicted octanol–water partition coefficient (Wildman–Crippen LogP) is 2.05. The second-order valence-corrected chi connectivity index (χ2v) is 9.40. The quantitative estimate of drug-likeness (QED) is 0.739. The van der Waals surface area contributed by atoms with E-state index in [1.165, 1.54) is 16.4 Å². The third-order valence-corrected chi connectivity index (χ3v) is 7.35. The average Bonchev–Trinajstić information content (AvgIpc) is 3.31. The first-order chi connectivity index (χ1) is 14.5. The number of amides is 2. The van der Waals surface area contributed by atoms with Crippen molar-refractivity contribution in [3.8, 4) is 0 Å². The number of benzene rings is 1. The first-order valence-corrected chi connectivity index (χ1v) is 11.6. The molecule has 0 spiro atoms. The van der Waals surface area contributed by atoms with Crippen LogP contribution in [0.25, 0.3) is 0 Å². The zero-order valence-electron chi connectivity index (χ0n) is 16.7. The van der Waals surface area contributed by atoms with Crippen LogP contribution in [-0.2, 0) is 10.0 Å². The molecule has 0 radical (unpaired) electrons. The van der Waals surface area contributed by atoms with Gasteiger partial charge in [0.1, 0.15) is 0 Å². The van der Waals surface area contributed by atoms with Crippen LogP contribution >= 0.6 is 0 Å². The SMILES string of the molecule is O=C(c1ccccc1)N1CCN(C(=O)c2ccc(S(=O)(=O)N3CCCCC3)o2)CC1. The molecule has 2 aliphatic heterocycles. The second-order valence-electron chi connectivity index (χ2n) is 7.53. The van der Waals surface area contributed by atoms with Crippen LogP contribution in [0.1, 0.15) is 40.2 Å². The summed E-state index contributed by atoms with van der Waals surface area (Å²) in [6.45, 7) is 2.52.